The van der Waals surface area contributed by atoms with E-state index < -0.39 is 30.0 Å². The highest BCUT2D eigenvalue weighted by Crippen LogP contribution is 2.16. The quantitative estimate of drug-likeness (QED) is 0.462. The summed E-state index contributed by atoms with van der Waals surface area (Å²) in [6, 6.07) is 8.69. The van der Waals surface area contributed by atoms with Crippen molar-refractivity contribution in [1.82, 2.24) is 5.32 Å². The lowest BCUT2D eigenvalue weighted by atomic mass is 9.93. The van der Waals surface area contributed by atoms with Crippen LogP contribution in [0.5, 0.6) is 0 Å². The van der Waals surface area contributed by atoms with Crippen molar-refractivity contribution in [3.05, 3.63) is 35.9 Å². The molecule has 0 radical (unpaired) electrons. The molecule has 126 valence electrons. The first kappa shape index (κ1) is 18.5. The molecule has 23 heavy (non-hydrogen) atoms. The second-order valence-corrected chi connectivity index (χ2v) is 4.79. The van der Waals surface area contributed by atoms with Gasteiger partial charge in [-0.3, -0.25) is 9.59 Å². The van der Waals surface area contributed by atoms with Crippen LogP contribution in [-0.4, -0.2) is 45.4 Å². The van der Waals surface area contributed by atoms with Crippen molar-refractivity contribution >= 4 is 18.0 Å². The summed E-state index contributed by atoms with van der Waals surface area (Å²) in [4.78, 5) is 35.4. The number of methoxy groups -OCH3 is 3. The molecule has 0 aliphatic carbocycles. The molecule has 7 nitrogen and oxygen atoms in total. The number of rotatable bonds is 7. The van der Waals surface area contributed by atoms with E-state index in [0.29, 0.717) is 12.8 Å². The van der Waals surface area contributed by atoms with Gasteiger partial charge in [0.25, 0.3) is 0 Å². The molecule has 0 unspecified atom stereocenters. The van der Waals surface area contributed by atoms with E-state index in [-0.39, 0.29) is 0 Å². The fourth-order valence-electron chi connectivity index (χ4n) is 2.18. The number of amides is 1. The maximum absolute atomic E-state index is 11.9. The van der Waals surface area contributed by atoms with E-state index >= 15 is 0 Å². The van der Waals surface area contributed by atoms with E-state index in [0.717, 1.165) is 5.56 Å². The van der Waals surface area contributed by atoms with E-state index in [1.54, 1.807) is 0 Å². The molecule has 0 fully saturated rings. The zero-order chi connectivity index (χ0) is 17.2. The number of esters is 2. The number of hydrogen-bond acceptors (Lipinski definition) is 6. The first-order valence-corrected chi connectivity index (χ1v) is 7.07. The van der Waals surface area contributed by atoms with E-state index in [1.165, 1.54) is 21.3 Å². The van der Waals surface area contributed by atoms with Crippen LogP contribution < -0.4 is 5.32 Å². The lowest BCUT2D eigenvalue weighted by Crippen LogP contribution is -2.47. The molecular formula is C16H21NO6. The number of aryl methyl sites for hydroxylation is 1. The van der Waals surface area contributed by atoms with Crippen LogP contribution in [0.3, 0.4) is 0 Å². The Bertz CT molecular complexity index is 515. The molecule has 7 heteroatoms. The third-order valence-corrected chi connectivity index (χ3v) is 3.39. The number of nitrogens with one attached hydrogen (secondary N) is 1. The Morgan fingerprint density at radius 3 is 2.00 bits per heavy atom. The van der Waals surface area contributed by atoms with Gasteiger partial charge in [-0.15, -0.1) is 0 Å². The molecule has 1 atom stereocenters. The normalized spacial score (nSPS) is 11.5. The molecule has 1 N–H and O–H groups in total. The van der Waals surface area contributed by atoms with Gasteiger partial charge in [-0.1, -0.05) is 30.3 Å². The third-order valence-electron chi connectivity index (χ3n) is 3.39. The van der Waals surface area contributed by atoms with Gasteiger partial charge in [-0.2, -0.15) is 0 Å². The van der Waals surface area contributed by atoms with Crippen LogP contribution in [0.4, 0.5) is 4.79 Å². The summed E-state index contributed by atoms with van der Waals surface area (Å²) in [6.45, 7) is 0. The first-order valence-electron chi connectivity index (χ1n) is 7.07. The van der Waals surface area contributed by atoms with Gasteiger partial charge in [0.1, 0.15) is 0 Å². The van der Waals surface area contributed by atoms with Crippen molar-refractivity contribution in [1.29, 1.82) is 0 Å². The van der Waals surface area contributed by atoms with Crippen LogP contribution in [0, 0.1) is 5.92 Å². The molecule has 0 aliphatic rings. The van der Waals surface area contributed by atoms with Crippen molar-refractivity contribution < 1.29 is 28.6 Å². The molecule has 0 aromatic heterocycles. The number of ether oxygens (including phenoxy) is 3. The molecule has 1 amide bonds. The van der Waals surface area contributed by atoms with E-state index in [4.69, 9.17) is 0 Å². The molecule has 1 aromatic rings. The van der Waals surface area contributed by atoms with Crippen LogP contribution in [-0.2, 0) is 30.2 Å². The van der Waals surface area contributed by atoms with Crippen LogP contribution in [0.1, 0.15) is 12.0 Å². The molecular weight excluding hydrogens is 302 g/mol. The van der Waals surface area contributed by atoms with Crippen molar-refractivity contribution in [2.45, 2.75) is 18.9 Å². The highest BCUT2D eigenvalue weighted by molar-refractivity contribution is 5.96. The first-order chi connectivity index (χ1) is 11.0. The Balaban J connectivity index is 2.93. The molecule has 1 rings (SSSR count). The fourth-order valence-corrected chi connectivity index (χ4v) is 2.18. The van der Waals surface area contributed by atoms with Crippen LogP contribution in [0.25, 0.3) is 0 Å². The maximum atomic E-state index is 11.9. The van der Waals surface area contributed by atoms with Gasteiger partial charge in [0.15, 0.2) is 5.92 Å². The third kappa shape index (κ3) is 5.61. The minimum absolute atomic E-state index is 0.341. The fraction of sp³-hybridized carbons (Fsp3) is 0.438. The summed E-state index contributed by atoms with van der Waals surface area (Å²) in [7, 11) is 3.55. The number of alkyl carbamates (subject to hydrolysis) is 1. The topological polar surface area (TPSA) is 90.9 Å². The summed E-state index contributed by atoms with van der Waals surface area (Å²) < 4.78 is 13.9. The minimum atomic E-state index is -1.26. The van der Waals surface area contributed by atoms with Gasteiger partial charge < -0.3 is 19.5 Å². The average Bonchev–Trinajstić information content (AvgIpc) is 2.59. The Labute approximate surface area is 134 Å². The summed E-state index contributed by atoms with van der Waals surface area (Å²) in [5.74, 6) is -2.80. The molecule has 0 saturated carbocycles. The van der Waals surface area contributed by atoms with Crippen LogP contribution in [0.15, 0.2) is 30.3 Å². The van der Waals surface area contributed by atoms with Gasteiger partial charge in [0.05, 0.1) is 27.4 Å². The van der Waals surface area contributed by atoms with Gasteiger partial charge >= 0.3 is 18.0 Å². The van der Waals surface area contributed by atoms with E-state index in [9.17, 15) is 14.4 Å². The second-order valence-electron chi connectivity index (χ2n) is 4.79. The summed E-state index contributed by atoms with van der Waals surface area (Å²) in [6.07, 6.45) is 0.161. The van der Waals surface area contributed by atoms with Crippen molar-refractivity contribution in [3.63, 3.8) is 0 Å². The zero-order valence-electron chi connectivity index (χ0n) is 13.4. The lowest BCUT2D eigenvalue weighted by molar-refractivity contribution is -0.160. The van der Waals surface area contributed by atoms with E-state index in [1.807, 2.05) is 30.3 Å². The van der Waals surface area contributed by atoms with Crippen LogP contribution in [0.2, 0.25) is 0 Å². The smallest absolute Gasteiger partial charge is 0.407 e. The number of hydrogen-bond donors (Lipinski definition) is 1. The average molecular weight is 323 g/mol. The largest absolute Gasteiger partial charge is 0.468 e. The molecule has 0 bridgehead atoms. The Morgan fingerprint density at radius 2 is 1.52 bits per heavy atom. The van der Waals surface area contributed by atoms with Gasteiger partial charge in [0, 0.05) is 0 Å². The molecule has 1 aromatic carbocycles. The van der Waals surface area contributed by atoms with Crippen molar-refractivity contribution in [3.8, 4) is 0 Å². The van der Waals surface area contributed by atoms with Gasteiger partial charge in [-0.05, 0) is 18.4 Å². The molecule has 0 spiro atoms. The van der Waals surface area contributed by atoms with Crippen molar-refractivity contribution in [2.24, 2.45) is 5.92 Å². The molecule has 0 heterocycles. The monoisotopic (exact) mass is 323 g/mol. The van der Waals surface area contributed by atoms with E-state index in [2.05, 4.69) is 19.5 Å². The number of carbonyl (C=O) groups excluding carboxylic acids is 3. The SMILES string of the molecule is COC(=O)N[C@@H](CCc1ccccc1)C(C(=O)OC)C(=O)OC. The second kappa shape index (κ2) is 9.45. The Morgan fingerprint density at radius 1 is 0.957 bits per heavy atom. The summed E-state index contributed by atoms with van der Waals surface area (Å²) in [5, 5.41) is 2.50. The Kier molecular flexibility index (Phi) is 7.59. The van der Waals surface area contributed by atoms with Crippen LogP contribution >= 0.6 is 0 Å². The number of carbonyl (C=O) groups is 3. The van der Waals surface area contributed by atoms with Gasteiger partial charge in [-0.25, -0.2) is 4.79 Å². The summed E-state index contributed by atoms with van der Waals surface area (Å²) in [5.41, 5.74) is 1.01. The zero-order valence-corrected chi connectivity index (χ0v) is 13.4. The standard InChI is InChI=1S/C16H21NO6/c1-21-14(18)13(15(19)22-2)12(17-16(20)23-3)10-9-11-7-5-4-6-8-11/h4-8,12-13H,9-10H2,1-3H3,(H,17,20)/t12-/m0/s1. The summed E-state index contributed by atoms with van der Waals surface area (Å²) >= 11 is 0. The predicted molar refractivity (Wildman–Crippen MR) is 81.6 cm³/mol. The Hall–Kier alpha value is -2.57. The highest BCUT2D eigenvalue weighted by atomic mass is 16.5. The number of benzene rings is 1. The lowest BCUT2D eigenvalue weighted by Gasteiger charge is -2.24. The van der Waals surface area contributed by atoms with Crippen molar-refractivity contribution in [2.75, 3.05) is 21.3 Å². The van der Waals surface area contributed by atoms with Gasteiger partial charge in [0.2, 0.25) is 0 Å². The minimum Gasteiger partial charge on any atom is -0.468 e. The maximum Gasteiger partial charge on any atom is 0.407 e. The predicted octanol–water partition coefficient (Wildman–Crippen LogP) is 1.31. The molecule has 0 aliphatic heterocycles. The highest BCUT2D eigenvalue weighted by Gasteiger charge is 2.37. The molecule has 0 saturated heterocycles.